The van der Waals surface area contributed by atoms with Crippen molar-refractivity contribution in [1.29, 1.82) is 0 Å². The number of hydrogen-bond donors (Lipinski definition) is 4. The monoisotopic (exact) mass is 598 g/mol. The van der Waals surface area contributed by atoms with Gasteiger partial charge in [-0.3, -0.25) is 9.59 Å². The van der Waals surface area contributed by atoms with Gasteiger partial charge in [0.05, 0.1) is 0 Å². The lowest BCUT2D eigenvalue weighted by molar-refractivity contribution is -0.131. The van der Waals surface area contributed by atoms with Crippen molar-refractivity contribution in [3.8, 4) is 0 Å². The number of ketones is 2. The summed E-state index contributed by atoms with van der Waals surface area (Å²) < 4.78 is 0. The van der Waals surface area contributed by atoms with E-state index < -0.39 is 0 Å². The molecule has 0 spiro atoms. The van der Waals surface area contributed by atoms with Crippen LogP contribution in [0.1, 0.15) is 99.2 Å². The predicted octanol–water partition coefficient (Wildman–Crippen LogP) is 8.98. The molecule has 6 nitrogen and oxygen atoms in total. The van der Waals surface area contributed by atoms with Crippen molar-refractivity contribution in [2.45, 2.75) is 78.6 Å². The molecule has 2 aliphatic rings. The van der Waals surface area contributed by atoms with Gasteiger partial charge in [0.25, 0.3) is 0 Å². The van der Waals surface area contributed by atoms with Crippen LogP contribution in [0, 0.1) is 11.3 Å². The minimum atomic E-state index is -0.187. The molecule has 0 amide bonds. The molecule has 0 saturated heterocycles. The molecule has 0 radical (unpaired) electrons. The topological polar surface area (TPSA) is 82.3 Å². The zero-order chi connectivity index (χ0) is 32.4. The van der Waals surface area contributed by atoms with Gasteiger partial charge >= 0.3 is 0 Å². The van der Waals surface area contributed by atoms with Gasteiger partial charge in [-0.25, -0.2) is 0 Å². The molecule has 3 aromatic rings. The van der Waals surface area contributed by atoms with Gasteiger partial charge in [0.2, 0.25) is 0 Å². The summed E-state index contributed by atoms with van der Waals surface area (Å²) in [5, 5.41) is 12.2. The Bertz CT molecular complexity index is 1360. The Kier molecular flexibility index (Phi) is 12.4. The van der Waals surface area contributed by atoms with E-state index in [1.807, 2.05) is 70.7 Å². The van der Waals surface area contributed by atoms with Crippen molar-refractivity contribution in [2.75, 3.05) is 49.5 Å². The molecule has 0 aliphatic heterocycles. The third-order valence-electron chi connectivity index (χ3n) is 9.66. The van der Waals surface area contributed by atoms with Gasteiger partial charge in [0, 0.05) is 61.9 Å². The largest absolute Gasteiger partial charge is 0.388 e. The Balaban J connectivity index is 0.000000217. The van der Waals surface area contributed by atoms with Crippen molar-refractivity contribution in [3.63, 3.8) is 0 Å². The molecule has 0 heterocycles. The number of rotatable bonds is 7. The van der Waals surface area contributed by atoms with E-state index in [1.165, 1.54) is 16.7 Å². The lowest BCUT2D eigenvalue weighted by Gasteiger charge is -2.48. The zero-order valence-corrected chi connectivity index (χ0v) is 28.4. The van der Waals surface area contributed by atoms with Crippen LogP contribution in [0.15, 0.2) is 60.7 Å². The van der Waals surface area contributed by atoms with E-state index in [9.17, 15) is 9.59 Å². The van der Waals surface area contributed by atoms with Crippen LogP contribution in [0.5, 0.6) is 0 Å². The fourth-order valence-corrected chi connectivity index (χ4v) is 6.82. The van der Waals surface area contributed by atoms with Gasteiger partial charge in [-0.2, -0.15) is 0 Å². The fourth-order valence-electron chi connectivity index (χ4n) is 6.82. The molecular formula is C38H54N4O2. The molecule has 238 valence electrons. The van der Waals surface area contributed by atoms with Gasteiger partial charge < -0.3 is 21.3 Å². The van der Waals surface area contributed by atoms with Crippen molar-refractivity contribution < 1.29 is 9.59 Å². The van der Waals surface area contributed by atoms with Crippen molar-refractivity contribution in [3.05, 3.63) is 82.9 Å². The molecule has 1 fully saturated rings. The molecule has 3 unspecified atom stereocenters. The summed E-state index contributed by atoms with van der Waals surface area (Å²) in [5.41, 5.74) is 9.19. The van der Waals surface area contributed by atoms with Crippen LogP contribution in [-0.4, -0.2) is 39.8 Å². The Morgan fingerprint density at radius 3 is 1.77 bits per heavy atom. The van der Waals surface area contributed by atoms with Crippen LogP contribution in [-0.2, 0) is 11.2 Å². The lowest BCUT2D eigenvalue weighted by Crippen LogP contribution is -2.43. The fraction of sp³-hybridized carbons (Fsp3) is 0.474. The summed E-state index contributed by atoms with van der Waals surface area (Å²) in [7, 11) is 7.65. The SMILES string of the molecule is CC(=O)c1cc2c(cc1C(C)C)CCC1C2CCCC1(C)C(C)=O.CNc1ccc(NC)cc1.CNc1cccc(NC)c1. The highest BCUT2D eigenvalue weighted by Crippen LogP contribution is 2.54. The smallest absolute Gasteiger partial charge is 0.160 e. The molecule has 3 aromatic carbocycles. The Labute approximate surface area is 265 Å². The minimum absolute atomic E-state index is 0.161. The minimum Gasteiger partial charge on any atom is -0.388 e. The summed E-state index contributed by atoms with van der Waals surface area (Å²) in [6.07, 6.45) is 5.42. The molecule has 0 aromatic heterocycles. The average Bonchev–Trinajstić information content (AvgIpc) is 3.04. The number of carbonyl (C=O) groups excluding carboxylic acids is 2. The lowest BCUT2D eigenvalue weighted by atomic mass is 9.55. The number of Topliss-reactive ketones (excluding diaryl/α,β-unsaturated/α-hetero) is 2. The molecule has 5 rings (SSSR count). The van der Waals surface area contributed by atoms with Crippen molar-refractivity contribution in [1.82, 2.24) is 0 Å². The summed E-state index contributed by atoms with van der Waals surface area (Å²) in [6, 6.07) is 20.7. The highest BCUT2D eigenvalue weighted by Gasteiger charge is 2.47. The maximum Gasteiger partial charge on any atom is 0.160 e. The Morgan fingerprint density at radius 1 is 0.773 bits per heavy atom. The second kappa shape index (κ2) is 15.8. The second-order valence-electron chi connectivity index (χ2n) is 12.6. The van der Waals surface area contributed by atoms with Gasteiger partial charge in [-0.15, -0.1) is 0 Å². The number of benzene rings is 3. The number of anilines is 4. The first-order valence-corrected chi connectivity index (χ1v) is 16.1. The first-order valence-electron chi connectivity index (χ1n) is 16.1. The van der Waals surface area contributed by atoms with E-state index >= 15 is 0 Å². The van der Waals surface area contributed by atoms with Crippen LogP contribution in [0.25, 0.3) is 0 Å². The van der Waals surface area contributed by atoms with E-state index in [0.29, 0.717) is 23.5 Å². The van der Waals surface area contributed by atoms with Gasteiger partial charge in [0.15, 0.2) is 5.78 Å². The van der Waals surface area contributed by atoms with E-state index in [2.05, 4.69) is 60.2 Å². The van der Waals surface area contributed by atoms with Crippen molar-refractivity contribution in [2.24, 2.45) is 11.3 Å². The van der Waals surface area contributed by atoms with Crippen LogP contribution >= 0.6 is 0 Å². The number of carbonyl (C=O) groups is 2. The van der Waals surface area contributed by atoms with Crippen LogP contribution in [0.4, 0.5) is 22.7 Å². The molecule has 0 bridgehead atoms. The number of aryl methyl sites for hydroxylation is 1. The molecule has 1 saturated carbocycles. The maximum absolute atomic E-state index is 12.4. The quantitative estimate of drug-likeness (QED) is 0.203. The molecule has 6 heteroatoms. The van der Waals surface area contributed by atoms with Crippen LogP contribution < -0.4 is 21.3 Å². The predicted molar refractivity (Wildman–Crippen MR) is 189 cm³/mol. The highest BCUT2D eigenvalue weighted by atomic mass is 16.1. The molecule has 3 atom stereocenters. The summed E-state index contributed by atoms with van der Waals surface area (Å²) in [4.78, 5) is 24.5. The second-order valence-corrected chi connectivity index (χ2v) is 12.6. The van der Waals surface area contributed by atoms with Gasteiger partial charge in [-0.05, 0) is 123 Å². The third kappa shape index (κ3) is 8.22. The standard InChI is InChI=1S/C22H30O2.2C8H12N2/c1-13(2)18-11-16-8-9-21-17(20(16)12-19(18)14(3)23)7-6-10-22(21,5)15(4)24;1-9-7-3-5-8(10-2)6-4-7;1-9-7-4-3-5-8(6-7)10-2/h11-13,17,21H,6-10H2,1-5H3;2*3-6,9-10H,1-2H3. The van der Waals surface area contributed by atoms with Gasteiger partial charge in [0.1, 0.15) is 5.78 Å². The Morgan fingerprint density at radius 2 is 1.32 bits per heavy atom. The van der Waals surface area contributed by atoms with Crippen LogP contribution in [0.2, 0.25) is 0 Å². The van der Waals surface area contributed by atoms with Crippen LogP contribution in [0.3, 0.4) is 0 Å². The first-order chi connectivity index (χ1) is 21.0. The number of fused-ring (bicyclic) bond motifs is 3. The normalized spacial score (nSPS) is 20.0. The van der Waals surface area contributed by atoms with E-state index in [1.54, 1.807) is 13.8 Å². The number of nitrogens with one attached hydrogen (secondary N) is 4. The van der Waals surface area contributed by atoms with E-state index in [4.69, 9.17) is 0 Å². The molecule has 44 heavy (non-hydrogen) atoms. The average molecular weight is 599 g/mol. The zero-order valence-electron chi connectivity index (χ0n) is 28.4. The van der Waals surface area contributed by atoms with Crippen molar-refractivity contribution >= 4 is 34.3 Å². The van der Waals surface area contributed by atoms with Gasteiger partial charge in [-0.1, -0.05) is 39.3 Å². The van der Waals surface area contributed by atoms with E-state index in [0.717, 1.165) is 60.4 Å². The summed E-state index contributed by atoms with van der Waals surface area (Å²) in [5.74, 6) is 1.73. The highest BCUT2D eigenvalue weighted by molar-refractivity contribution is 5.96. The molecule has 2 aliphatic carbocycles. The first kappa shape index (κ1) is 34.7. The third-order valence-corrected chi connectivity index (χ3v) is 9.66. The number of hydrogen-bond acceptors (Lipinski definition) is 6. The molecule has 4 N–H and O–H groups in total. The summed E-state index contributed by atoms with van der Waals surface area (Å²) >= 11 is 0. The van der Waals surface area contributed by atoms with E-state index in [-0.39, 0.29) is 11.2 Å². The maximum atomic E-state index is 12.4. The Hall–Kier alpha value is -3.80. The molecular weight excluding hydrogens is 544 g/mol. The summed E-state index contributed by atoms with van der Waals surface area (Å²) in [6.45, 7) is 9.93.